The first-order chi connectivity index (χ1) is 11.9. The van der Waals surface area contributed by atoms with Crippen LogP contribution in [0.3, 0.4) is 0 Å². The van der Waals surface area contributed by atoms with Crippen molar-refractivity contribution < 1.29 is 0 Å². The van der Waals surface area contributed by atoms with Gasteiger partial charge in [-0.2, -0.15) is 5.10 Å². The number of imidazole rings is 1. The van der Waals surface area contributed by atoms with Gasteiger partial charge in [0.2, 0.25) is 0 Å². The molecule has 0 amide bonds. The summed E-state index contributed by atoms with van der Waals surface area (Å²) < 4.78 is 0. The van der Waals surface area contributed by atoms with Gasteiger partial charge in [-0.3, -0.25) is 5.10 Å². The normalized spacial score (nSPS) is 15.5. The molecule has 0 bridgehead atoms. The Balaban J connectivity index is 1.66. The summed E-state index contributed by atoms with van der Waals surface area (Å²) in [4.78, 5) is 9.98. The third-order valence-electron chi connectivity index (χ3n) is 4.55. The maximum Gasteiger partial charge on any atom is 0.117 e. The second kappa shape index (κ2) is 5.29. The molecule has 0 aliphatic heterocycles. The van der Waals surface area contributed by atoms with Gasteiger partial charge in [0.05, 0.1) is 23.6 Å². The first kappa shape index (κ1) is 13.9. The van der Waals surface area contributed by atoms with Crippen molar-refractivity contribution in [1.29, 1.82) is 0 Å². The van der Waals surface area contributed by atoms with Crippen LogP contribution >= 0.6 is 22.7 Å². The molecule has 118 valence electrons. The van der Waals surface area contributed by atoms with Gasteiger partial charge in [-0.05, 0) is 22.9 Å². The van der Waals surface area contributed by atoms with Crippen molar-refractivity contribution in [2.24, 2.45) is 0 Å². The van der Waals surface area contributed by atoms with Crippen molar-refractivity contribution in [3.05, 3.63) is 74.6 Å². The quantitative estimate of drug-likeness (QED) is 0.572. The topological polar surface area (TPSA) is 57.4 Å². The molecule has 0 unspecified atom stereocenters. The Labute approximate surface area is 146 Å². The molecular weight excluding hydrogens is 336 g/mol. The first-order valence-corrected chi connectivity index (χ1v) is 9.46. The third-order valence-corrected chi connectivity index (χ3v) is 6.64. The molecule has 4 aromatic rings. The molecule has 0 radical (unpaired) electrons. The maximum absolute atomic E-state index is 4.53. The number of nitrogens with zero attached hydrogens (tertiary/aromatic N) is 2. The van der Waals surface area contributed by atoms with Crippen molar-refractivity contribution >= 4 is 28.7 Å². The minimum Gasteiger partial charge on any atom is -0.343 e. The summed E-state index contributed by atoms with van der Waals surface area (Å²) in [6.07, 6.45) is 8.93. The Kier molecular flexibility index (Phi) is 3.08. The fraction of sp³-hybridized carbons (Fsp3) is 0.111. The number of hydrogen-bond donors (Lipinski definition) is 2. The zero-order chi connectivity index (χ0) is 16.0. The number of allylic oxidation sites excluding steroid dienone is 1. The van der Waals surface area contributed by atoms with Crippen LogP contribution in [-0.2, 0) is 11.8 Å². The molecule has 24 heavy (non-hydrogen) atoms. The number of fused-ring (bicyclic) bond motifs is 1. The summed E-state index contributed by atoms with van der Waals surface area (Å²) in [5, 5.41) is 12.1. The van der Waals surface area contributed by atoms with E-state index in [0.29, 0.717) is 0 Å². The zero-order valence-corrected chi connectivity index (χ0v) is 14.3. The van der Waals surface area contributed by atoms with E-state index in [0.717, 1.165) is 23.4 Å². The lowest BCUT2D eigenvalue weighted by atomic mass is 9.75. The van der Waals surface area contributed by atoms with Gasteiger partial charge in [0.25, 0.3) is 0 Å². The predicted octanol–water partition coefficient (Wildman–Crippen LogP) is 4.48. The van der Waals surface area contributed by atoms with E-state index in [-0.39, 0.29) is 5.41 Å². The van der Waals surface area contributed by atoms with E-state index >= 15 is 0 Å². The molecule has 1 aliphatic carbocycles. The average Bonchev–Trinajstić information content (AvgIpc) is 3.43. The highest BCUT2D eigenvalue weighted by Gasteiger charge is 2.38. The number of aromatic nitrogens is 4. The fourth-order valence-corrected chi connectivity index (χ4v) is 5.29. The molecule has 0 aromatic carbocycles. The van der Waals surface area contributed by atoms with Crippen molar-refractivity contribution in [1.82, 2.24) is 20.2 Å². The zero-order valence-electron chi connectivity index (χ0n) is 12.7. The summed E-state index contributed by atoms with van der Waals surface area (Å²) >= 11 is 3.62. The van der Waals surface area contributed by atoms with Crippen molar-refractivity contribution in [3.8, 4) is 11.4 Å². The fourth-order valence-electron chi connectivity index (χ4n) is 3.38. The molecule has 5 rings (SSSR count). The number of nitrogens with one attached hydrogen (secondary N) is 2. The van der Waals surface area contributed by atoms with E-state index in [2.05, 4.69) is 67.3 Å². The second-order valence-electron chi connectivity index (χ2n) is 5.87. The van der Waals surface area contributed by atoms with Gasteiger partial charge >= 0.3 is 0 Å². The Hall–Kier alpha value is -2.44. The van der Waals surface area contributed by atoms with Crippen LogP contribution in [0.2, 0.25) is 0 Å². The molecule has 0 atom stereocenters. The Morgan fingerprint density at radius 1 is 1.08 bits per heavy atom. The lowest BCUT2D eigenvalue weighted by Gasteiger charge is -2.31. The maximum atomic E-state index is 4.53. The van der Waals surface area contributed by atoms with Crippen LogP contribution < -0.4 is 0 Å². The minimum atomic E-state index is -0.104. The summed E-state index contributed by atoms with van der Waals surface area (Å²) in [6, 6.07) is 8.71. The van der Waals surface area contributed by atoms with Crippen molar-refractivity contribution in [2.45, 2.75) is 11.8 Å². The van der Waals surface area contributed by atoms with Gasteiger partial charge in [-0.1, -0.05) is 24.3 Å². The van der Waals surface area contributed by atoms with Crippen molar-refractivity contribution in [2.75, 3.05) is 0 Å². The smallest absolute Gasteiger partial charge is 0.117 e. The van der Waals surface area contributed by atoms with Gasteiger partial charge in [-0.25, -0.2) is 4.98 Å². The first-order valence-electron chi connectivity index (χ1n) is 7.70. The summed E-state index contributed by atoms with van der Waals surface area (Å²) in [5.74, 6) is 0. The predicted molar refractivity (Wildman–Crippen MR) is 98.3 cm³/mol. The summed E-state index contributed by atoms with van der Waals surface area (Å²) in [6.45, 7) is 0. The number of aromatic amines is 2. The highest BCUT2D eigenvalue weighted by Crippen LogP contribution is 2.45. The molecule has 4 nitrogen and oxygen atoms in total. The minimum absolute atomic E-state index is 0.104. The molecule has 4 aromatic heterocycles. The van der Waals surface area contributed by atoms with Gasteiger partial charge in [0, 0.05) is 27.4 Å². The van der Waals surface area contributed by atoms with E-state index in [1.54, 1.807) is 6.33 Å². The van der Waals surface area contributed by atoms with Crippen LogP contribution in [0.5, 0.6) is 0 Å². The van der Waals surface area contributed by atoms with Gasteiger partial charge < -0.3 is 4.98 Å². The molecule has 0 spiro atoms. The monoisotopic (exact) mass is 350 g/mol. The molecule has 4 heterocycles. The lowest BCUT2D eigenvalue weighted by Crippen LogP contribution is -2.28. The molecule has 0 saturated heterocycles. The summed E-state index contributed by atoms with van der Waals surface area (Å²) in [5.41, 5.74) is 4.10. The van der Waals surface area contributed by atoms with E-state index in [1.165, 1.54) is 15.4 Å². The Morgan fingerprint density at radius 2 is 1.88 bits per heavy atom. The molecule has 2 N–H and O–H groups in total. The largest absolute Gasteiger partial charge is 0.343 e. The standard InChI is InChI=1S/C18H14N4S2/c1-3-15(23-7-1)18(16-4-2-8-24-16)6-5-12-13(9-18)21-22-17(12)14-10-19-11-20-14/h1-8,10-11H,9H2,(H,19,20)(H,21,22). The van der Waals surface area contributed by atoms with Crippen molar-refractivity contribution in [3.63, 3.8) is 0 Å². The molecule has 6 heteroatoms. The van der Waals surface area contributed by atoms with Gasteiger partial charge in [0.15, 0.2) is 0 Å². The SMILES string of the molecule is C1=CC(c2cccs2)(c2cccs2)Cc2[nH]nc(-c3cnc[nH]3)c21. The van der Waals surface area contributed by atoms with Gasteiger partial charge in [-0.15, -0.1) is 22.7 Å². The lowest BCUT2D eigenvalue weighted by molar-refractivity contribution is 0.645. The molecule has 0 saturated carbocycles. The van der Waals surface area contributed by atoms with Crippen LogP contribution in [-0.4, -0.2) is 20.2 Å². The van der Waals surface area contributed by atoms with Crippen LogP contribution in [0.4, 0.5) is 0 Å². The number of hydrogen-bond acceptors (Lipinski definition) is 4. The summed E-state index contributed by atoms with van der Waals surface area (Å²) in [7, 11) is 0. The van der Waals surface area contributed by atoms with E-state index in [9.17, 15) is 0 Å². The van der Waals surface area contributed by atoms with E-state index in [4.69, 9.17) is 0 Å². The third kappa shape index (κ3) is 1.96. The van der Waals surface area contributed by atoms with Crippen LogP contribution in [0.1, 0.15) is 21.0 Å². The van der Waals surface area contributed by atoms with E-state index < -0.39 is 0 Å². The highest BCUT2D eigenvalue weighted by atomic mass is 32.1. The Bertz CT molecular complexity index is 942. The van der Waals surface area contributed by atoms with Gasteiger partial charge in [0.1, 0.15) is 5.69 Å². The highest BCUT2D eigenvalue weighted by molar-refractivity contribution is 7.11. The second-order valence-corrected chi connectivity index (χ2v) is 7.76. The van der Waals surface area contributed by atoms with Crippen LogP contribution in [0, 0.1) is 0 Å². The Morgan fingerprint density at radius 3 is 2.50 bits per heavy atom. The number of thiophene rings is 2. The number of rotatable bonds is 3. The number of H-pyrrole nitrogens is 2. The average molecular weight is 350 g/mol. The molecule has 0 fully saturated rings. The van der Waals surface area contributed by atoms with Crippen LogP contribution in [0.15, 0.2) is 53.6 Å². The molecule has 1 aliphatic rings. The van der Waals surface area contributed by atoms with Crippen LogP contribution in [0.25, 0.3) is 17.5 Å². The van der Waals surface area contributed by atoms with E-state index in [1.807, 2.05) is 28.9 Å². The molecular formula is C18H14N4S2.